The van der Waals surface area contributed by atoms with Gasteiger partial charge in [-0.25, -0.2) is 0 Å². The molecule has 28 heavy (non-hydrogen) atoms. The first-order valence-electron chi connectivity index (χ1n) is 8.82. The van der Waals surface area contributed by atoms with Crippen LogP contribution < -0.4 is 9.64 Å². The number of fused-ring (bicyclic) bond motifs is 1. The van der Waals surface area contributed by atoms with Crippen LogP contribution >= 0.6 is 23.4 Å². The predicted octanol–water partition coefficient (Wildman–Crippen LogP) is 4.57. The molecule has 0 bridgehead atoms. The van der Waals surface area contributed by atoms with Crippen molar-refractivity contribution in [3.63, 3.8) is 0 Å². The number of benzene rings is 2. The second-order valence-corrected chi connectivity index (χ2v) is 7.99. The molecular formula is C21H18ClN3O2S. The summed E-state index contributed by atoms with van der Waals surface area (Å²) in [5, 5.41) is 11.3. The Bertz CT molecular complexity index is 1000. The Balaban J connectivity index is 1.67. The minimum atomic E-state index is -0.246. The van der Waals surface area contributed by atoms with Crippen molar-refractivity contribution in [2.45, 2.75) is 12.3 Å². The highest BCUT2D eigenvalue weighted by molar-refractivity contribution is 8.03. The number of anilines is 1. The number of nitriles is 1. The van der Waals surface area contributed by atoms with Crippen molar-refractivity contribution in [2.75, 3.05) is 24.6 Å². The molecule has 2 aromatic rings. The van der Waals surface area contributed by atoms with Gasteiger partial charge in [-0.2, -0.15) is 5.26 Å². The maximum absolute atomic E-state index is 13.0. The van der Waals surface area contributed by atoms with Crippen LogP contribution in [0, 0.1) is 11.3 Å². The number of nitrogens with zero attached hydrogens (tertiary/aromatic N) is 3. The summed E-state index contributed by atoms with van der Waals surface area (Å²) in [4.78, 5) is 16.8. The Hall–Kier alpha value is -2.62. The molecule has 2 aromatic carbocycles. The Labute approximate surface area is 173 Å². The average molecular weight is 412 g/mol. The van der Waals surface area contributed by atoms with E-state index in [-0.39, 0.29) is 18.2 Å². The summed E-state index contributed by atoms with van der Waals surface area (Å²) >= 11 is 7.63. The van der Waals surface area contributed by atoms with Crippen LogP contribution in [0.15, 0.2) is 59.1 Å². The zero-order chi connectivity index (χ0) is 19.7. The van der Waals surface area contributed by atoms with Gasteiger partial charge in [0.15, 0.2) is 0 Å². The van der Waals surface area contributed by atoms with Crippen molar-refractivity contribution in [3.05, 3.63) is 69.7 Å². The summed E-state index contributed by atoms with van der Waals surface area (Å²) in [5.41, 5.74) is 2.53. The number of halogens is 1. The number of hydrogen-bond donors (Lipinski definition) is 0. The number of rotatable bonds is 3. The summed E-state index contributed by atoms with van der Waals surface area (Å²) < 4.78 is 5.30. The molecule has 7 heteroatoms. The molecule has 5 nitrogen and oxygen atoms in total. The van der Waals surface area contributed by atoms with E-state index in [0.29, 0.717) is 23.1 Å². The number of allylic oxidation sites excluding steroid dienone is 1. The van der Waals surface area contributed by atoms with E-state index in [1.54, 1.807) is 12.0 Å². The topological polar surface area (TPSA) is 56.6 Å². The van der Waals surface area contributed by atoms with E-state index in [2.05, 4.69) is 11.0 Å². The molecule has 0 N–H and O–H groups in total. The van der Waals surface area contributed by atoms with Crippen molar-refractivity contribution in [1.29, 1.82) is 5.26 Å². The van der Waals surface area contributed by atoms with Gasteiger partial charge >= 0.3 is 0 Å². The van der Waals surface area contributed by atoms with Gasteiger partial charge in [0.1, 0.15) is 5.75 Å². The van der Waals surface area contributed by atoms with Gasteiger partial charge in [-0.15, -0.1) is 0 Å². The van der Waals surface area contributed by atoms with Gasteiger partial charge in [0.25, 0.3) is 0 Å². The van der Waals surface area contributed by atoms with E-state index in [0.717, 1.165) is 22.0 Å². The second kappa shape index (κ2) is 7.78. The van der Waals surface area contributed by atoms with Gasteiger partial charge in [-0.3, -0.25) is 9.69 Å². The molecule has 0 saturated carbocycles. The molecule has 4 rings (SSSR count). The van der Waals surface area contributed by atoms with Gasteiger partial charge in [-0.05, 0) is 35.9 Å². The van der Waals surface area contributed by atoms with E-state index in [1.807, 2.05) is 48.5 Å². The molecule has 142 valence electrons. The van der Waals surface area contributed by atoms with E-state index < -0.39 is 0 Å². The summed E-state index contributed by atoms with van der Waals surface area (Å²) in [5.74, 6) is 1.14. The largest absolute Gasteiger partial charge is 0.497 e. The second-order valence-electron chi connectivity index (χ2n) is 6.62. The fourth-order valence-corrected chi connectivity index (χ4v) is 4.89. The number of amides is 1. The highest BCUT2D eigenvalue weighted by atomic mass is 35.5. The number of thioether (sulfide) groups is 1. The lowest BCUT2D eigenvalue weighted by Gasteiger charge is -2.42. The lowest BCUT2D eigenvalue weighted by atomic mass is 9.86. The Kier molecular flexibility index (Phi) is 5.21. The third-order valence-corrected chi connectivity index (χ3v) is 6.35. The summed E-state index contributed by atoms with van der Waals surface area (Å²) in [7, 11) is 1.61. The number of carbonyl (C=O) groups is 1. The van der Waals surface area contributed by atoms with E-state index >= 15 is 0 Å². The van der Waals surface area contributed by atoms with Crippen LogP contribution in [0.25, 0.3) is 0 Å². The molecule has 0 aromatic heterocycles. The maximum atomic E-state index is 13.0. The summed E-state index contributed by atoms with van der Waals surface area (Å²) in [6.07, 6.45) is 0.267. The van der Waals surface area contributed by atoms with Gasteiger partial charge < -0.3 is 9.64 Å². The van der Waals surface area contributed by atoms with Crippen LogP contribution in [0.5, 0.6) is 5.75 Å². The third kappa shape index (κ3) is 3.44. The van der Waals surface area contributed by atoms with Crippen molar-refractivity contribution in [1.82, 2.24) is 4.90 Å². The minimum absolute atomic E-state index is 0.0149. The highest BCUT2D eigenvalue weighted by Gasteiger charge is 2.38. The minimum Gasteiger partial charge on any atom is -0.497 e. The van der Waals surface area contributed by atoms with Crippen LogP contribution in [0.4, 0.5) is 5.69 Å². The fourth-order valence-electron chi connectivity index (χ4n) is 3.54. The zero-order valence-electron chi connectivity index (χ0n) is 15.3. The van der Waals surface area contributed by atoms with Gasteiger partial charge in [-0.1, -0.05) is 41.6 Å². The molecule has 0 radical (unpaired) electrons. The lowest BCUT2D eigenvalue weighted by Crippen LogP contribution is -2.47. The highest BCUT2D eigenvalue weighted by Crippen LogP contribution is 2.43. The predicted molar refractivity (Wildman–Crippen MR) is 111 cm³/mol. The summed E-state index contributed by atoms with van der Waals surface area (Å²) in [6, 6.07) is 17.5. The molecule has 1 atom stereocenters. The summed E-state index contributed by atoms with van der Waals surface area (Å²) in [6.45, 7) is 0.414. The molecule has 0 aliphatic carbocycles. The fraction of sp³-hybridized carbons (Fsp3) is 0.238. The molecule has 1 fully saturated rings. The Morgan fingerprint density at radius 3 is 2.82 bits per heavy atom. The Morgan fingerprint density at radius 2 is 2.07 bits per heavy atom. The van der Waals surface area contributed by atoms with Crippen molar-refractivity contribution < 1.29 is 9.53 Å². The van der Waals surface area contributed by atoms with Crippen molar-refractivity contribution in [3.8, 4) is 11.8 Å². The standard InChI is InChI=1S/C21H18ClN3O2S/c1-27-17-7-2-4-14(8-17)18-10-20(26)25-12-24(13-28-21(25)19(18)11-23)16-6-3-5-15(22)9-16/h2-9,18H,10,12-13H2,1H3/t18-/m0/s1. The van der Waals surface area contributed by atoms with Gasteiger partial charge in [0, 0.05) is 23.0 Å². The van der Waals surface area contributed by atoms with E-state index in [1.165, 1.54) is 11.8 Å². The van der Waals surface area contributed by atoms with E-state index in [4.69, 9.17) is 16.3 Å². The molecule has 1 amide bonds. The Morgan fingerprint density at radius 1 is 1.25 bits per heavy atom. The first kappa shape index (κ1) is 18.7. The third-order valence-electron chi connectivity index (χ3n) is 4.96. The van der Waals surface area contributed by atoms with Gasteiger partial charge in [0.05, 0.1) is 36.3 Å². The number of methoxy groups -OCH3 is 1. The maximum Gasteiger partial charge on any atom is 0.229 e. The number of carbonyl (C=O) groups excluding carboxylic acids is 1. The molecule has 2 aliphatic heterocycles. The molecular weight excluding hydrogens is 394 g/mol. The lowest BCUT2D eigenvalue weighted by molar-refractivity contribution is -0.129. The van der Waals surface area contributed by atoms with Crippen LogP contribution in [0.2, 0.25) is 5.02 Å². The van der Waals surface area contributed by atoms with Crippen LogP contribution in [-0.4, -0.2) is 30.5 Å². The average Bonchev–Trinajstić information content (AvgIpc) is 2.73. The van der Waals surface area contributed by atoms with Crippen LogP contribution in [-0.2, 0) is 4.79 Å². The molecule has 1 saturated heterocycles. The van der Waals surface area contributed by atoms with Crippen LogP contribution in [0.3, 0.4) is 0 Å². The van der Waals surface area contributed by atoms with Crippen LogP contribution in [0.1, 0.15) is 17.9 Å². The monoisotopic (exact) mass is 411 g/mol. The normalized spacial score (nSPS) is 19.3. The molecule has 2 heterocycles. The smallest absolute Gasteiger partial charge is 0.229 e. The quantitative estimate of drug-likeness (QED) is 0.740. The number of ether oxygens (including phenoxy) is 1. The van der Waals surface area contributed by atoms with Crippen molar-refractivity contribution in [2.24, 2.45) is 0 Å². The first-order chi connectivity index (χ1) is 13.6. The molecule has 0 unspecified atom stereocenters. The SMILES string of the molecule is COc1cccc([C@@H]2CC(=O)N3CN(c4cccc(Cl)c4)CSC3=C2C#N)c1. The van der Waals surface area contributed by atoms with Gasteiger partial charge in [0.2, 0.25) is 5.91 Å². The van der Waals surface area contributed by atoms with E-state index in [9.17, 15) is 10.1 Å². The van der Waals surface area contributed by atoms with Crippen molar-refractivity contribution >= 4 is 35.0 Å². The zero-order valence-corrected chi connectivity index (χ0v) is 16.8. The molecule has 0 spiro atoms. The first-order valence-corrected chi connectivity index (χ1v) is 10.2. The number of hydrogen-bond acceptors (Lipinski definition) is 5. The molecule has 2 aliphatic rings.